The lowest BCUT2D eigenvalue weighted by molar-refractivity contribution is 0.0698. The molecule has 0 spiro atoms. The molecule has 0 aliphatic heterocycles. The molecule has 5 N–H and O–H groups in total. The van der Waals surface area contributed by atoms with Gasteiger partial charge in [0.25, 0.3) is 0 Å². The number of benzene rings is 2. The summed E-state index contributed by atoms with van der Waals surface area (Å²) in [5, 5.41) is 25.8. The Morgan fingerprint density at radius 3 is 2.57 bits per heavy atom. The molecule has 7 nitrogen and oxygen atoms in total. The minimum Gasteiger partial charge on any atom is -0.507 e. The topological polar surface area (TPSA) is 122 Å². The summed E-state index contributed by atoms with van der Waals surface area (Å²) in [5.41, 5.74) is 7.38. The lowest BCUT2D eigenvalue weighted by Gasteiger charge is -2.22. The zero-order valence-corrected chi connectivity index (χ0v) is 14.9. The predicted molar refractivity (Wildman–Crippen MR) is 105 cm³/mol. The number of fused-ring (bicyclic) bond motifs is 3. The fourth-order valence-electron chi connectivity index (χ4n) is 3.58. The van der Waals surface area contributed by atoms with Crippen molar-refractivity contribution >= 4 is 27.7 Å². The first kappa shape index (κ1) is 18.0. The molecule has 7 heteroatoms. The number of nitrogens with two attached hydrogens (primary N) is 1. The summed E-state index contributed by atoms with van der Waals surface area (Å²) in [7, 11) is 0. The number of carboxylic acid groups (broad SMARTS) is 1. The molecule has 28 heavy (non-hydrogen) atoms. The van der Waals surface area contributed by atoms with E-state index in [-0.39, 0.29) is 11.3 Å². The lowest BCUT2D eigenvalue weighted by Crippen LogP contribution is -2.28. The molecule has 0 aliphatic rings. The number of pyridine rings is 1. The summed E-state index contributed by atoms with van der Waals surface area (Å²) in [6.45, 7) is 0.858. The molecule has 142 valence electrons. The van der Waals surface area contributed by atoms with Crippen LogP contribution in [0.2, 0.25) is 0 Å². The van der Waals surface area contributed by atoms with E-state index in [1.165, 1.54) is 6.26 Å². The second kappa shape index (κ2) is 7.30. The molecule has 0 radical (unpaired) electrons. The molecule has 0 saturated heterocycles. The van der Waals surface area contributed by atoms with Gasteiger partial charge in [-0.15, -0.1) is 0 Å². The number of aromatic nitrogens is 1. The van der Waals surface area contributed by atoms with Crippen LogP contribution in [0.15, 0.2) is 59.5 Å². The second-order valence-corrected chi connectivity index (χ2v) is 6.42. The molecule has 2 aromatic carbocycles. The summed E-state index contributed by atoms with van der Waals surface area (Å²) in [6, 6.07) is 10.3. The number of aromatic hydroxyl groups is 1. The summed E-state index contributed by atoms with van der Waals surface area (Å²) in [4.78, 5) is 15.9. The standard InChI is InChI=1S/C21H19N3O4/c22-7-10-24-18(12-5-8-23-9-6-12)17-16-15(21(26)27)11-28-20(16)14-4-2-1-3-13(14)19(17)25/h1-6,8-9,11,18,24-25H,7,10,22H2,(H,26,27). The third-order valence-corrected chi connectivity index (χ3v) is 4.79. The minimum atomic E-state index is -1.12. The number of hydrogen-bond acceptors (Lipinski definition) is 6. The van der Waals surface area contributed by atoms with E-state index in [2.05, 4.69) is 10.3 Å². The van der Waals surface area contributed by atoms with Crippen LogP contribution in [0.4, 0.5) is 0 Å². The zero-order valence-electron chi connectivity index (χ0n) is 14.9. The smallest absolute Gasteiger partial charge is 0.339 e. The summed E-state index contributed by atoms with van der Waals surface area (Å²) >= 11 is 0. The predicted octanol–water partition coefficient (Wildman–Crippen LogP) is 3.02. The maximum atomic E-state index is 11.9. The molecule has 0 bridgehead atoms. The Bertz CT molecular complexity index is 1150. The number of carboxylic acids is 1. The third-order valence-electron chi connectivity index (χ3n) is 4.79. The fraction of sp³-hybridized carbons (Fsp3) is 0.143. The van der Waals surface area contributed by atoms with Gasteiger partial charge in [-0.25, -0.2) is 4.79 Å². The van der Waals surface area contributed by atoms with Gasteiger partial charge in [0, 0.05) is 47.2 Å². The first-order valence-corrected chi connectivity index (χ1v) is 8.85. The molecular weight excluding hydrogens is 358 g/mol. The van der Waals surface area contributed by atoms with Gasteiger partial charge >= 0.3 is 5.97 Å². The number of carbonyl (C=O) groups is 1. The van der Waals surface area contributed by atoms with Crippen molar-refractivity contribution in [2.45, 2.75) is 6.04 Å². The van der Waals surface area contributed by atoms with E-state index in [1.807, 2.05) is 24.3 Å². The van der Waals surface area contributed by atoms with E-state index in [0.717, 1.165) is 5.56 Å². The van der Waals surface area contributed by atoms with Crippen LogP contribution in [0.5, 0.6) is 5.75 Å². The van der Waals surface area contributed by atoms with Crippen LogP contribution in [0.1, 0.15) is 27.5 Å². The number of hydrogen-bond donors (Lipinski definition) is 4. The van der Waals surface area contributed by atoms with Gasteiger partial charge in [0.15, 0.2) is 0 Å². The maximum Gasteiger partial charge on any atom is 0.339 e. The molecule has 0 amide bonds. The van der Waals surface area contributed by atoms with Crippen molar-refractivity contribution in [1.82, 2.24) is 10.3 Å². The van der Waals surface area contributed by atoms with Crippen molar-refractivity contribution in [2.24, 2.45) is 5.73 Å². The monoisotopic (exact) mass is 377 g/mol. The van der Waals surface area contributed by atoms with Gasteiger partial charge in [0.05, 0.1) is 6.04 Å². The average Bonchev–Trinajstić information content (AvgIpc) is 3.16. The molecule has 2 heterocycles. The molecule has 1 atom stereocenters. The highest BCUT2D eigenvalue weighted by Gasteiger charge is 2.28. The van der Waals surface area contributed by atoms with Crippen molar-refractivity contribution in [2.75, 3.05) is 13.1 Å². The van der Waals surface area contributed by atoms with Crippen molar-refractivity contribution in [3.05, 3.63) is 71.7 Å². The number of phenols is 1. The summed E-state index contributed by atoms with van der Waals surface area (Å²) in [5.74, 6) is -1.11. The Balaban J connectivity index is 2.11. The molecule has 2 aromatic heterocycles. The van der Waals surface area contributed by atoms with E-state index >= 15 is 0 Å². The first-order valence-electron chi connectivity index (χ1n) is 8.85. The number of aromatic carboxylic acids is 1. The van der Waals surface area contributed by atoms with Crippen LogP contribution in [0.3, 0.4) is 0 Å². The molecule has 4 rings (SSSR count). The Morgan fingerprint density at radius 2 is 1.89 bits per heavy atom. The minimum absolute atomic E-state index is 0.000317. The lowest BCUT2D eigenvalue weighted by atomic mass is 9.90. The summed E-state index contributed by atoms with van der Waals surface area (Å²) in [6.07, 6.45) is 4.51. The first-order chi connectivity index (χ1) is 13.6. The molecular formula is C21H19N3O4. The van der Waals surface area contributed by atoms with Crippen LogP contribution in [-0.2, 0) is 0 Å². The molecule has 0 fully saturated rings. The van der Waals surface area contributed by atoms with Crippen LogP contribution in [0.25, 0.3) is 21.7 Å². The Kier molecular flexibility index (Phi) is 4.68. The highest BCUT2D eigenvalue weighted by Crippen LogP contribution is 2.44. The van der Waals surface area contributed by atoms with E-state index in [4.69, 9.17) is 10.2 Å². The van der Waals surface area contributed by atoms with Crippen LogP contribution >= 0.6 is 0 Å². The van der Waals surface area contributed by atoms with Crippen molar-refractivity contribution < 1.29 is 19.4 Å². The maximum absolute atomic E-state index is 11.9. The molecule has 0 aliphatic carbocycles. The molecule has 1 unspecified atom stereocenters. The SMILES string of the molecule is NCCNC(c1ccncc1)c1c(O)c2ccccc2c2occ(C(=O)O)c12. The van der Waals surface area contributed by atoms with E-state index in [9.17, 15) is 15.0 Å². The number of nitrogens with zero attached hydrogens (tertiary/aromatic N) is 1. The Labute approximate surface area is 160 Å². The number of nitrogens with one attached hydrogen (secondary N) is 1. The Morgan fingerprint density at radius 1 is 1.18 bits per heavy atom. The average molecular weight is 377 g/mol. The Hall–Kier alpha value is -3.42. The van der Waals surface area contributed by atoms with Gasteiger partial charge in [0.1, 0.15) is 23.2 Å². The van der Waals surface area contributed by atoms with Crippen LogP contribution in [0, 0.1) is 0 Å². The van der Waals surface area contributed by atoms with E-state index in [0.29, 0.717) is 40.4 Å². The molecule has 4 aromatic rings. The zero-order chi connectivity index (χ0) is 19.7. The van der Waals surface area contributed by atoms with Gasteiger partial charge in [-0.05, 0) is 17.7 Å². The van der Waals surface area contributed by atoms with Crippen molar-refractivity contribution in [3.63, 3.8) is 0 Å². The largest absolute Gasteiger partial charge is 0.507 e. The van der Waals surface area contributed by atoms with E-state index < -0.39 is 12.0 Å². The summed E-state index contributed by atoms with van der Waals surface area (Å²) < 4.78 is 5.65. The normalized spacial score (nSPS) is 12.5. The van der Waals surface area contributed by atoms with Gasteiger partial charge in [-0.3, -0.25) is 4.98 Å². The highest BCUT2D eigenvalue weighted by molar-refractivity contribution is 6.15. The quantitative estimate of drug-likeness (QED) is 0.407. The third kappa shape index (κ3) is 2.87. The highest BCUT2D eigenvalue weighted by atomic mass is 16.4. The molecule has 0 saturated carbocycles. The number of phenolic OH excluding ortho intramolecular Hbond substituents is 1. The van der Waals surface area contributed by atoms with E-state index in [1.54, 1.807) is 24.5 Å². The van der Waals surface area contributed by atoms with Crippen molar-refractivity contribution in [3.8, 4) is 5.75 Å². The van der Waals surface area contributed by atoms with Crippen LogP contribution < -0.4 is 11.1 Å². The van der Waals surface area contributed by atoms with Gasteiger partial charge in [-0.1, -0.05) is 24.3 Å². The number of rotatable bonds is 6. The van der Waals surface area contributed by atoms with Gasteiger partial charge < -0.3 is 25.7 Å². The van der Waals surface area contributed by atoms with Gasteiger partial charge in [-0.2, -0.15) is 0 Å². The number of furan rings is 1. The second-order valence-electron chi connectivity index (χ2n) is 6.42. The fourth-order valence-corrected chi connectivity index (χ4v) is 3.58. The van der Waals surface area contributed by atoms with Crippen LogP contribution in [-0.4, -0.2) is 34.3 Å². The van der Waals surface area contributed by atoms with Crippen molar-refractivity contribution in [1.29, 1.82) is 0 Å². The van der Waals surface area contributed by atoms with Gasteiger partial charge in [0.2, 0.25) is 0 Å².